The average Bonchev–Trinajstić information content (AvgIpc) is 2.31. The van der Waals surface area contributed by atoms with Gasteiger partial charge in [0.15, 0.2) is 0 Å². The third-order valence-corrected chi connectivity index (χ3v) is 1.89. The van der Waals surface area contributed by atoms with Crippen LogP contribution in [-0.4, -0.2) is 70.4 Å². The molecule has 0 aliphatic carbocycles. The quantitative estimate of drug-likeness (QED) is 0.350. The number of primary amides is 1. The summed E-state index contributed by atoms with van der Waals surface area (Å²) in [6.45, 7) is 3.33. The maximum absolute atomic E-state index is 10.5. The number of rotatable bonds is 12. The first-order chi connectivity index (χ1) is 8.18. The van der Waals surface area contributed by atoms with Crippen molar-refractivity contribution in [2.24, 2.45) is 5.73 Å². The predicted octanol–water partition coefficient (Wildman–Crippen LogP) is -1.90. The van der Waals surface area contributed by atoms with Gasteiger partial charge in [-0.25, -0.2) is 0 Å². The molecule has 4 N–H and O–H groups in total. The second-order valence-corrected chi connectivity index (χ2v) is 3.34. The maximum atomic E-state index is 10.5. The number of carbonyl (C=O) groups excluding carboxylic acids is 1. The van der Waals surface area contributed by atoms with Gasteiger partial charge in [0.05, 0.1) is 33.0 Å². The van der Waals surface area contributed by atoms with Crippen LogP contribution in [0.1, 0.15) is 0 Å². The van der Waals surface area contributed by atoms with Gasteiger partial charge in [-0.1, -0.05) is 0 Å². The average molecular weight is 250 g/mol. The van der Waals surface area contributed by atoms with Gasteiger partial charge in [0.1, 0.15) is 6.10 Å². The normalized spacial score (nSPS) is 12.6. The van der Waals surface area contributed by atoms with Crippen molar-refractivity contribution >= 4 is 5.91 Å². The molecule has 0 aliphatic heterocycles. The summed E-state index contributed by atoms with van der Waals surface area (Å²) in [6, 6.07) is 0. The summed E-state index contributed by atoms with van der Waals surface area (Å²) in [6.07, 6.45) is -1.15. The molecule has 7 nitrogen and oxygen atoms in total. The van der Waals surface area contributed by atoms with Gasteiger partial charge in [0.2, 0.25) is 5.91 Å². The highest BCUT2D eigenvalue weighted by Crippen LogP contribution is 1.80. The number of methoxy groups -OCH3 is 1. The zero-order valence-electron chi connectivity index (χ0n) is 10.2. The van der Waals surface area contributed by atoms with Crippen LogP contribution < -0.4 is 11.1 Å². The number of nitrogens with one attached hydrogen (secondary N) is 1. The Morgan fingerprint density at radius 1 is 1.24 bits per heavy atom. The van der Waals surface area contributed by atoms with E-state index in [4.69, 9.17) is 25.1 Å². The van der Waals surface area contributed by atoms with Crippen molar-refractivity contribution in [3.8, 4) is 0 Å². The fourth-order valence-electron chi connectivity index (χ4n) is 0.948. The van der Waals surface area contributed by atoms with Gasteiger partial charge in [0, 0.05) is 20.2 Å². The van der Waals surface area contributed by atoms with E-state index >= 15 is 0 Å². The van der Waals surface area contributed by atoms with Gasteiger partial charge >= 0.3 is 0 Å². The monoisotopic (exact) mass is 250 g/mol. The Balaban J connectivity index is 3.06. The minimum Gasteiger partial charge on any atom is -0.382 e. The van der Waals surface area contributed by atoms with Crippen molar-refractivity contribution in [1.29, 1.82) is 0 Å². The highest BCUT2D eigenvalue weighted by atomic mass is 16.5. The molecule has 0 rings (SSSR count). The molecule has 7 heteroatoms. The summed E-state index contributed by atoms with van der Waals surface area (Å²) in [7, 11) is 1.62. The molecule has 1 unspecified atom stereocenters. The highest BCUT2D eigenvalue weighted by molar-refractivity contribution is 5.78. The molecule has 1 amide bonds. The Morgan fingerprint density at radius 3 is 2.41 bits per heavy atom. The Labute approximate surface area is 101 Å². The summed E-state index contributed by atoms with van der Waals surface area (Å²) in [5, 5.41) is 11.9. The second kappa shape index (κ2) is 11.7. The van der Waals surface area contributed by atoms with Crippen LogP contribution in [0.5, 0.6) is 0 Å². The molecule has 0 aromatic rings. The van der Waals surface area contributed by atoms with Crippen molar-refractivity contribution < 1.29 is 24.1 Å². The summed E-state index contributed by atoms with van der Waals surface area (Å²) in [4.78, 5) is 10.5. The molecule has 0 radical (unpaired) electrons. The van der Waals surface area contributed by atoms with Gasteiger partial charge < -0.3 is 30.4 Å². The van der Waals surface area contributed by atoms with E-state index in [1.165, 1.54) is 0 Å². The number of carbonyl (C=O) groups is 1. The van der Waals surface area contributed by atoms with Crippen molar-refractivity contribution in [3.63, 3.8) is 0 Å². The number of ether oxygens (including phenoxy) is 3. The molecule has 0 saturated heterocycles. The van der Waals surface area contributed by atoms with Crippen LogP contribution in [-0.2, 0) is 19.0 Å². The first-order valence-electron chi connectivity index (χ1n) is 5.51. The fraction of sp³-hybridized carbons (Fsp3) is 0.900. The molecule has 0 heterocycles. The van der Waals surface area contributed by atoms with E-state index in [1.54, 1.807) is 7.11 Å². The van der Waals surface area contributed by atoms with Gasteiger partial charge in [-0.3, -0.25) is 4.79 Å². The smallest absolute Gasteiger partial charge is 0.247 e. The summed E-state index contributed by atoms with van der Waals surface area (Å²) < 4.78 is 15.2. The molecular formula is C10H22N2O5. The number of aliphatic hydroxyl groups excluding tert-OH is 1. The molecule has 17 heavy (non-hydrogen) atoms. The van der Waals surface area contributed by atoms with E-state index in [0.717, 1.165) is 0 Å². The lowest BCUT2D eigenvalue weighted by Crippen LogP contribution is -2.38. The van der Waals surface area contributed by atoms with Gasteiger partial charge in [-0.2, -0.15) is 0 Å². The van der Waals surface area contributed by atoms with Crippen LogP contribution in [0.25, 0.3) is 0 Å². The summed E-state index contributed by atoms with van der Waals surface area (Å²) >= 11 is 0. The van der Waals surface area contributed by atoms with Crippen molar-refractivity contribution in [3.05, 3.63) is 0 Å². The first kappa shape index (κ1) is 16.3. The molecule has 102 valence electrons. The number of hydrogen-bond acceptors (Lipinski definition) is 6. The second-order valence-electron chi connectivity index (χ2n) is 3.34. The maximum Gasteiger partial charge on any atom is 0.247 e. The Hall–Kier alpha value is -0.730. The number of nitrogens with two attached hydrogens (primary N) is 1. The van der Waals surface area contributed by atoms with Crippen LogP contribution in [0.15, 0.2) is 0 Å². The fourth-order valence-corrected chi connectivity index (χ4v) is 0.948. The van der Waals surface area contributed by atoms with Crippen LogP contribution in [0, 0.1) is 0 Å². The predicted molar refractivity (Wildman–Crippen MR) is 61.6 cm³/mol. The zero-order valence-corrected chi connectivity index (χ0v) is 10.2. The van der Waals surface area contributed by atoms with Gasteiger partial charge in [-0.05, 0) is 0 Å². The first-order valence-corrected chi connectivity index (χ1v) is 5.51. The van der Waals surface area contributed by atoms with Crippen molar-refractivity contribution in [1.82, 2.24) is 5.32 Å². The zero-order chi connectivity index (χ0) is 12.9. The van der Waals surface area contributed by atoms with E-state index in [1.807, 2.05) is 0 Å². The SMILES string of the molecule is COCCOCCOCCNCC(O)C(N)=O. The Morgan fingerprint density at radius 2 is 1.82 bits per heavy atom. The van der Waals surface area contributed by atoms with E-state index < -0.39 is 12.0 Å². The summed E-state index contributed by atoms with van der Waals surface area (Å²) in [5.41, 5.74) is 4.87. The lowest BCUT2D eigenvalue weighted by Gasteiger charge is -2.09. The third kappa shape index (κ3) is 11.5. The molecule has 0 saturated carbocycles. The largest absolute Gasteiger partial charge is 0.382 e. The lowest BCUT2D eigenvalue weighted by molar-refractivity contribution is -0.125. The number of hydrogen-bond donors (Lipinski definition) is 3. The Kier molecular flexibility index (Phi) is 11.2. The standard InChI is InChI=1S/C10H22N2O5/c1-15-4-5-17-7-6-16-3-2-12-8-9(13)10(11)14/h9,12-13H,2-8H2,1H3,(H2,11,14). The van der Waals surface area contributed by atoms with Crippen molar-refractivity contribution in [2.45, 2.75) is 6.10 Å². The molecule has 0 aromatic heterocycles. The van der Waals surface area contributed by atoms with Gasteiger partial charge in [-0.15, -0.1) is 0 Å². The highest BCUT2D eigenvalue weighted by Gasteiger charge is 2.08. The molecular weight excluding hydrogens is 228 g/mol. The van der Waals surface area contributed by atoms with Crippen LogP contribution >= 0.6 is 0 Å². The molecule has 0 fully saturated rings. The minimum atomic E-state index is -1.15. The van der Waals surface area contributed by atoms with E-state index in [0.29, 0.717) is 39.6 Å². The molecule has 0 spiro atoms. The number of aliphatic hydroxyl groups is 1. The van der Waals surface area contributed by atoms with E-state index in [-0.39, 0.29) is 6.54 Å². The van der Waals surface area contributed by atoms with Crippen LogP contribution in [0.2, 0.25) is 0 Å². The van der Waals surface area contributed by atoms with Crippen LogP contribution in [0.4, 0.5) is 0 Å². The third-order valence-electron chi connectivity index (χ3n) is 1.89. The molecule has 0 aromatic carbocycles. The Bertz CT molecular complexity index is 192. The number of amides is 1. The van der Waals surface area contributed by atoms with Gasteiger partial charge in [0.25, 0.3) is 0 Å². The minimum absolute atomic E-state index is 0.142. The molecule has 1 atom stereocenters. The molecule has 0 aliphatic rings. The summed E-state index contributed by atoms with van der Waals surface area (Å²) in [5.74, 6) is -0.732. The van der Waals surface area contributed by atoms with Crippen molar-refractivity contribution in [2.75, 3.05) is 53.2 Å². The topological polar surface area (TPSA) is 103 Å². The van der Waals surface area contributed by atoms with Crippen LogP contribution in [0.3, 0.4) is 0 Å². The van der Waals surface area contributed by atoms with E-state index in [9.17, 15) is 4.79 Å². The van der Waals surface area contributed by atoms with E-state index in [2.05, 4.69) is 5.32 Å². The molecule has 0 bridgehead atoms. The lowest BCUT2D eigenvalue weighted by atomic mass is 10.3.